The molecule has 1 aromatic carbocycles. The number of aromatic amines is 4. The van der Waals surface area contributed by atoms with Gasteiger partial charge in [-0.3, -0.25) is 29.1 Å². The molecule has 0 aliphatic carbocycles. The Bertz CT molecular complexity index is 1580. The van der Waals surface area contributed by atoms with E-state index in [9.17, 15) is 19.2 Å². The molecule has 0 amide bonds. The Balaban J connectivity index is 0.000000177. The van der Waals surface area contributed by atoms with E-state index in [0.29, 0.717) is 24.3 Å². The lowest BCUT2D eigenvalue weighted by Crippen LogP contribution is -2.30. The maximum absolute atomic E-state index is 12.0. The predicted octanol–water partition coefficient (Wildman–Crippen LogP) is -0.106. The highest BCUT2D eigenvalue weighted by atomic mass is 16.2. The van der Waals surface area contributed by atoms with Crippen molar-refractivity contribution in [3.05, 3.63) is 90.2 Å². The topological polar surface area (TPSA) is 167 Å². The minimum absolute atomic E-state index is 0.277. The third-order valence-electron chi connectivity index (χ3n) is 4.59. The van der Waals surface area contributed by atoms with Crippen molar-refractivity contribution in [1.82, 2.24) is 39.0 Å². The van der Waals surface area contributed by atoms with Crippen molar-refractivity contribution in [2.24, 2.45) is 0 Å². The lowest BCUT2D eigenvalue weighted by molar-refractivity contribution is 0.717. The van der Waals surface area contributed by atoms with Crippen LogP contribution in [0.1, 0.15) is 12.5 Å². The molecule has 0 saturated heterocycles. The van der Waals surface area contributed by atoms with Crippen LogP contribution < -0.4 is 22.5 Å². The van der Waals surface area contributed by atoms with Crippen molar-refractivity contribution < 1.29 is 0 Å². The lowest BCUT2D eigenvalue weighted by Gasteiger charge is -2.05. The summed E-state index contributed by atoms with van der Waals surface area (Å²) in [5.41, 5.74) is 0.658. The number of hydrogen-bond donors (Lipinski definition) is 4. The van der Waals surface area contributed by atoms with E-state index in [0.717, 1.165) is 5.56 Å². The van der Waals surface area contributed by atoms with E-state index in [1.165, 1.54) is 10.9 Å². The monoisotopic (exact) mass is 422 g/mol. The number of fused-ring (bicyclic) bond motifs is 2. The van der Waals surface area contributed by atoms with Crippen LogP contribution in [-0.4, -0.2) is 39.0 Å². The molecule has 158 valence electrons. The molecule has 0 radical (unpaired) electrons. The highest BCUT2D eigenvalue weighted by Gasteiger charge is 2.12. The number of hydrogen-bond acceptors (Lipinski definition) is 6. The van der Waals surface area contributed by atoms with Gasteiger partial charge in [0.2, 0.25) is 0 Å². The summed E-state index contributed by atoms with van der Waals surface area (Å²) < 4.78 is 3.22. The summed E-state index contributed by atoms with van der Waals surface area (Å²) in [5, 5.41) is 0. The molecule has 0 unspecified atom stereocenters. The second kappa shape index (κ2) is 8.10. The van der Waals surface area contributed by atoms with Crippen LogP contribution in [0.25, 0.3) is 22.3 Å². The van der Waals surface area contributed by atoms with Crippen molar-refractivity contribution in [2.75, 3.05) is 0 Å². The summed E-state index contributed by atoms with van der Waals surface area (Å²) in [5.74, 6) is 0. The first-order valence-corrected chi connectivity index (χ1v) is 9.35. The number of H-pyrrole nitrogens is 4. The number of rotatable bonds is 3. The van der Waals surface area contributed by atoms with E-state index in [-0.39, 0.29) is 11.2 Å². The first-order chi connectivity index (χ1) is 15.0. The van der Waals surface area contributed by atoms with Gasteiger partial charge in [-0.1, -0.05) is 30.3 Å². The zero-order chi connectivity index (χ0) is 22.0. The molecule has 0 saturated carbocycles. The summed E-state index contributed by atoms with van der Waals surface area (Å²) in [7, 11) is 0. The third kappa shape index (κ3) is 3.85. The number of imidazole rings is 2. The van der Waals surface area contributed by atoms with Gasteiger partial charge in [0.15, 0.2) is 16.8 Å². The van der Waals surface area contributed by atoms with Crippen LogP contribution in [0.5, 0.6) is 0 Å². The van der Waals surface area contributed by atoms with Gasteiger partial charge < -0.3 is 9.55 Å². The molecule has 12 heteroatoms. The molecular formula is C19H18N8O4. The van der Waals surface area contributed by atoms with Crippen LogP contribution in [0.3, 0.4) is 0 Å². The summed E-state index contributed by atoms with van der Waals surface area (Å²) >= 11 is 0. The molecule has 4 heterocycles. The fourth-order valence-electron chi connectivity index (χ4n) is 3.18. The smallest absolute Gasteiger partial charge is 0.330 e. The van der Waals surface area contributed by atoms with Crippen molar-refractivity contribution in [3.63, 3.8) is 0 Å². The number of nitrogens with zero attached hydrogens (tertiary/aromatic N) is 4. The third-order valence-corrected chi connectivity index (χ3v) is 4.59. The molecule has 4 N–H and O–H groups in total. The maximum atomic E-state index is 12.0. The molecule has 4 aromatic heterocycles. The van der Waals surface area contributed by atoms with Crippen molar-refractivity contribution in [3.8, 4) is 0 Å². The van der Waals surface area contributed by atoms with Gasteiger partial charge in [0.05, 0.1) is 12.7 Å². The minimum Gasteiger partial charge on any atom is -0.339 e. The van der Waals surface area contributed by atoms with Crippen molar-refractivity contribution in [2.45, 2.75) is 20.0 Å². The van der Waals surface area contributed by atoms with Gasteiger partial charge >= 0.3 is 11.4 Å². The normalized spacial score (nSPS) is 10.9. The van der Waals surface area contributed by atoms with Crippen LogP contribution in [-0.2, 0) is 13.1 Å². The van der Waals surface area contributed by atoms with Crippen LogP contribution in [0.15, 0.2) is 62.2 Å². The van der Waals surface area contributed by atoms with E-state index in [1.807, 2.05) is 37.3 Å². The average molecular weight is 422 g/mol. The molecule has 0 fully saturated rings. The quantitative estimate of drug-likeness (QED) is 0.316. The molecule has 5 rings (SSSR count). The minimum atomic E-state index is -0.547. The van der Waals surface area contributed by atoms with E-state index >= 15 is 0 Å². The van der Waals surface area contributed by atoms with Crippen molar-refractivity contribution in [1.29, 1.82) is 0 Å². The summed E-state index contributed by atoms with van der Waals surface area (Å²) in [6.45, 7) is 2.85. The predicted molar refractivity (Wildman–Crippen MR) is 113 cm³/mol. The molecule has 0 bridgehead atoms. The summed E-state index contributed by atoms with van der Waals surface area (Å²) in [4.78, 5) is 62.5. The standard InChI is InChI=1S/C14H14N4O2.C5H4N4O2/c1-2-18-12-11(13(19)16-14(18)20)17(9-15-12)8-10-6-4-3-5-7-10;10-4-2-3(7-1-6-2)8-5(11)9-4/h3-7,9H,2,8H2,1H3,(H,16,19,20);1H,(H3,6,7,8,9,10,11). The van der Waals surface area contributed by atoms with E-state index < -0.39 is 22.5 Å². The first-order valence-electron chi connectivity index (χ1n) is 9.35. The number of aromatic nitrogens is 8. The zero-order valence-corrected chi connectivity index (χ0v) is 16.4. The Morgan fingerprint density at radius 1 is 0.935 bits per heavy atom. The summed E-state index contributed by atoms with van der Waals surface area (Å²) in [6.07, 6.45) is 2.94. The number of benzene rings is 1. The second-order valence-electron chi connectivity index (χ2n) is 6.57. The van der Waals surface area contributed by atoms with Gasteiger partial charge in [0.1, 0.15) is 5.52 Å². The molecule has 5 aromatic rings. The van der Waals surface area contributed by atoms with E-state index in [1.54, 1.807) is 10.9 Å². The molecule has 0 aliphatic rings. The van der Waals surface area contributed by atoms with Crippen molar-refractivity contribution >= 4 is 22.3 Å². The van der Waals surface area contributed by atoms with Gasteiger partial charge in [0.25, 0.3) is 11.1 Å². The van der Waals surface area contributed by atoms with E-state index in [2.05, 4.69) is 29.9 Å². The first kappa shape index (κ1) is 19.8. The molecular weight excluding hydrogens is 404 g/mol. The Labute approximate surface area is 172 Å². The van der Waals surface area contributed by atoms with Crippen LogP contribution in [0.4, 0.5) is 0 Å². The van der Waals surface area contributed by atoms with Gasteiger partial charge in [-0.15, -0.1) is 0 Å². The van der Waals surface area contributed by atoms with Gasteiger partial charge in [-0.05, 0) is 12.5 Å². The Hall–Kier alpha value is -4.48. The number of nitrogens with one attached hydrogen (secondary N) is 4. The molecule has 0 atom stereocenters. The highest BCUT2D eigenvalue weighted by Crippen LogP contribution is 2.09. The molecule has 12 nitrogen and oxygen atoms in total. The van der Waals surface area contributed by atoms with Crippen LogP contribution in [0.2, 0.25) is 0 Å². The Morgan fingerprint density at radius 3 is 2.45 bits per heavy atom. The lowest BCUT2D eigenvalue weighted by atomic mass is 10.2. The van der Waals surface area contributed by atoms with E-state index in [4.69, 9.17) is 0 Å². The zero-order valence-electron chi connectivity index (χ0n) is 16.4. The summed E-state index contributed by atoms with van der Waals surface area (Å²) in [6, 6.07) is 9.80. The second-order valence-corrected chi connectivity index (χ2v) is 6.57. The van der Waals surface area contributed by atoms with Crippen LogP contribution >= 0.6 is 0 Å². The fraction of sp³-hybridized carbons (Fsp3) is 0.158. The fourth-order valence-corrected chi connectivity index (χ4v) is 3.18. The SMILES string of the molecule is CCn1c(=O)[nH]c(=O)c2c1ncn2Cc1ccccc1.O=c1[nH]c(=O)c2[nH]cnc2[nH]1. The van der Waals surface area contributed by atoms with Gasteiger partial charge in [0, 0.05) is 13.1 Å². The largest absolute Gasteiger partial charge is 0.339 e. The van der Waals surface area contributed by atoms with Gasteiger partial charge in [-0.2, -0.15) is 0 Å². The average Bonchev–Trinajstić information content (AvgIpc) is 3.37. The Morgan fingerprint density at radius 2 is 1.71 bits per heavy atom. The van der Waals surface area contributed by atoms with Crippen LogP contribution in [0, 0.1) is 0 Å². The Kier molecular flexibility index (Phi) is 5.18. The van der Waals surface area contributed by atoms with Gasteiger partial charge in [-0.25, -0.2) is 19.6 Å². The molecule has 0 aliphatic heterocycles. The number of aryl methyl sites for hydroxylation is 1. The maximum Gasteiger partial charge on any atom is 0.330 e. The molecule has 0 spiro atoms. The highest BCUT2D eigenvalue weighted by molar-refractivity contribution is 5.70. The molecule has 31 heavy (non-hydrogen) atoms.